The topological polar surface area (TPSA) is 76.7 Å². The van der Waals surface area contributed by atoms with Crippen molar-refractivity contribution in [2.45, 2.75) is 6.18 Å². The van der Waals surface area contributed by atoms with Crippen LogP contribution in [-0.4, -0.2) is 38.3 Å². The van der Waals surface area contributed by atoms with Crippen LogP contribution in [0.3, 0.4) is 0 Å². The normalized spacial score (nSPS) is 10.8. The van der Waals surface area contributed by atoms with Crippen molar-refractivity contribution < 1.29 is 32.2 Å². The first-order valence-electron chi connectivity index (χ1n) is 7.79. The average Bonchev–Trinajstić information content (AvgIpc) is 2.64. The zero-order chi connectivity index (χ0) is 19.9. The van der Waals surface area contributed by atoms with Crippen molar-refractivity contribution in [3.63, 3.8) is 0 Å². The van der Waals surface area contributed by atoms with Gasteiger partial charge in [-0.2, -0.15) is 13.2 Å². The number of nitrogens with one attached hydrogen (secondary N) is 2. The molecule has 0 aliphatic heterocycles. The molecule has 144 valence electrons. The molecule has 2 N–H and O–H groups in total. The molecule has 0 unspecified atom stereocenters. The van der Waals surface area contributed by atoms with Crippen LogP contribution in [0, 0.1) is 0 Å². The first kappa shape index (κ1) is 20.1. The Bertz CT molecular complexity index is 792. The fraction of sp³-hybridized carbons (Fsp3) is 0.222. The summed E-state index contributed by atoms with van der Waals surface area (Å²) < 4.78 is 46.2. The van der Waals surface area contributed by atoms with Crippen LogP contribution in [0.1, 0.15) is 10.4 Å². The number of benzene rings is 2. The molecule has 1 amide bonds. The summed E-state index contributed by atoms with van der Waals surface area (Å²) in [7, 11) is 1.26. The van der Waals surface area contributed by atoms with Crippen LogP contribution in [0.2, 0.25) is 0 Å². The summed E-state index contributed by atoms with van der Waals surface area (Å²) >= 11 is 0. The summed E-state index contributed by atoms with van der Waals surface area (Å²) in [6.07, 6.45) is -4.46. The van der Waals surface area contributed by atoms with Crippen molar-refractivity contribution in [2.75, 3.05) is 30.9 Å². The molecular formula is C18H17F3N2O4. The monoisotopic (exact) mass is 382 g/mol. The summed E-state index contributed by atoms with van der Waals surface area (Å²) in [5.41, 5.74) is 1.05. The van der Waals surface area contributed by atoms with Gasteiger partial charge in [0.05, 0.1) is 24.9 Å². The smallest absolute Gasteiger partial charge is 0.422 e. The van der Waals surface area contributed by atoms with E-state index in [0.29, 0.717) is 11.3 Å². The molecule has 0 radical (unpaired) electrons. The number of rotatable bonds is 7. The van der Waals surface area contributed by atoms with E-state index in [2.05, 4.69) is 15.4 Å². The SMILES string of the molecule is COC(=O)c1ccc(NC(=O)CNc2ccccc2OCC(F)(F)F)cc1. The van der Waals surface area contributed by atoms with Crippen molar-refractivity contribution >= 4 is 23.3 Å². The third-order valence-corrected chi connectivity index (χ3v) is 3.31. The molecule has 6 nitrogen and oxygen atoms in total. The predicted molar refractivity (Wildman–Crippen MR) is 92.9 cm³/mol. The molecule has 0 atom stereocenters. The second kappa shape index (κ2) is 8.93. The number of carbonyl (C=O) groups excluding carboxylic acids is 2. The van der Waals surface area contributed by atoms with Crippen LogP contribution in [0.25, 0.3) is 0 Å². The molecule has 0 bridgehead atoms. The van der Waals surface area contributed by atoms with Crippen molar-refractivity contribution in [1.29, 1.82) is 0 Å². The lowest BCUT2D eigenvalue weighted by molar-refractivity contribution is -0.153. The zero-order valence-electron chi connectivity index (χ0n) is 14.3. The number of alkyl halides is 3. The van der Waals surface area contributed by atoms with Gasteiger partial charge >= 0.3 is 12.1 Å². The number of hydrogen-bond acceptors (Lipinski definition) is 5. The third-order valence-electron chi connectivity index (χ3n) is 3.31. The molecule has 2 aromatic rings. The number of carbonyl (C=O) groups is 2. The molecule has 0 aromatic heterocycles. The molecule has 2 aromatic carbocycles. The average molecular weight is 382 g/mol. The Morgan fingerprint density at radius 3 is 2.33 bits per heavy atom. The van der Waals surface area contributed by atoms with E-state index in [9.17, 15) is 22.8 Å². The molecule has 0 saturated heterocycles. The van der Waals surface area contributed by atoms with Gasteiger partial charge in [0.15, 0.2) is 6.61 Å². The van der Waals surface area contributed by atoms with Crippen LogP contribution in [0.4, 0.5) is 24.5 Å². The molecule has 2 rings (SSSR count). The second-order valence-electron chi connectivity index (χ2n) is 5.37. The fourth-order valence-corrected chi connectivity index (χ4v) is 2.09. The molecule has 0 aliphatic carbocycles. The van der Waals surface area contributed by atoms with Gasteiger partial charge in [-0.15, -0.1) is 0 Å². The van der Waals surface area contributed by atoms with Gasteiger partial charge in [-0.1, -0.05) is 12.1 Å². The third kappa shape index (κ3) is 6.53. The Morgan fingerprint density at radius 2 is 1.70 bits per heavy atom. The van der Waals surface area contributed by atoms with Gasteiger partial charge in [0, 0.05) is 5.69 Å². The summed E-state index contributed by atoms with van der Waals surface area (Å²) in [6, 6.07) is 12.1. The van der Waals surface area contributed by atoms with E-state index in [-0.39, 0.29) is 18.0 Å². The molecule has 0 saturated carbocycles. The van der Waals surface area contributed by atoms with Gasteiger partial charge in [0.25, 0.3) is 0 Å². The van der Waals surface area contributed by atoms with Crippen molar-refractivity contribution in [3.05, 3.63) is 54.1 Å². The van der Waals surface area contributed by atoms with E-state index >= 15 is 0 Å². The van der Waals surface area contributed by atoms with Crippen LogP contribution in [-0.2, 0) is 9.53 Å². The van der Waals surface area contributed by atoms with Gasteiger partial charge in [0.1, 0.15) is 5.75 Å². The highest BCUT2D eigenvalue weighted by Gasteiger charge is 2.28. The fourth-order valence-electron chi connectivity index (χ4n) is 2.09. The largest absolute Gasteiger partial charge is 0.482 e. The number of amides is 1. The Morgan fingerprint density at radius 1 is 1.04 bits per heavy atom. The number of methoxy groups -OCH3 is 1. The predicted octanol–water partition coefficient (Wildman–Crippen LogP) is 3.46. The maximum Gasteiger partial charge on any atom is 0.422 e. The Labute approximate surface area is 153 Å². The highest BCUT2D eigenvalue weighted by atomic mass is 19.4. The maximum atomic E-state index is 12.3. The van der Waals surface area contributed by atoms with Crippen LogP contribution >= 0.6 is 0 Å². The second-order valence-corrected chi connectivity index (χ2v) is 5.37. The van der Waals surface area contributed by atoms with E-state index < -0.39 is 24.7 Å². The van der Waals surface area contributed by atoms with Crippen molar-refractivity contribution in [3.8, 4) is 5.75 Å². The van der Waals surface area contributed by atoms with Gasteiger partial charge in [-0.05, 0) is 36.4 Å². The minimum atomic E-state index is -4.46. The summed E-state index contributed by atoms with van der Waals surface area (Å²) in [5, 5.41) is 5.33. The molecule has 0 heterocycles. The van der Waals surface area contributed by atoms with Gasteiger partial charge < -0.3 is 20.1 Å². The first-order chi connectivity index (χ1) is 12.8. The highest BCUT2D eigenvalue weighted by Crippen LogP contribution is 2.26. The van der Waals surface area contributed by atoms with Crippen molar-refractivity contribution in [1.82, 2.24) is 0 Å². The number of ether oxygens (including phenoxy) is 2. The minimum Gasteiger partial charge on any atom is -0.482 e. The van der Waals surface area contributed by atoms with E-state index in [4.69, 9.17) is 4.74 Å². The lowest BCUT2D eigenvalue weighted by atomic mass is 10.2. The van der Waals surface area contributed by atoms with Gasteiger partial charge in [0.2, 0.25) is 5.91 Å². The quantitative estimate of drug-likeness (QED) is 0.718. The number of esters is 1. The lowest BCUT2D eigenvalue weighted by Gasteiger charge is -2.14. The maximum absolute atomic E-state index is 12.3. The highest BCUT2D eigenvalue weighted by molar-refractivity contribution is 5.95. The van der Waals surface area contributed by atoms with E-state index in [1.54, 1.807) is 6.07 Å². The van der Waals surface area contributed by atoms with E-state index in [1.807, 2.05) is 0 Å². The van der Waals surface area contributed by atoms with Crippen LogP contribution in [0.5, 0.6) is 5.75 Å². The van der Waals surface area contributed by atoms with Crippen LogP contribution < -0.4 is 15.4 Å². The van der Waals surface area contributed by atoms with Gasteiger partial charge in [-0.3, -0.25) is 4.79 Å². The first-order valence-corrected chi connectivity index (χ1v) is 7.79. The molecular weight excluding hydrogens is 365 g/mol. The molecule has 0 aliphatic rings. The number of halogens is 3. The number of para-hydroxylation sites is 2. The van der Waals surface area contributed by atoms with E-state index in [0.717, 1.165) is 0 Å². The molecule has 0 fully saturated rings. The summed E-state index contributed by atoms with van der Waals surface area (Å²) in [6.45, 7) is -1.62. The Kier molecular flexibility index (Phi) is 6.64. The van der Waals surface area contributed by atoms with Gasteiger partial charge in [-0.25, -0.2) is 4.79 Å². The Balaban J connectivity index is 1.91. The molecule has 0 spiro atoms. The van der Waals surface area contributed by atoms with Crippen LogP contribution in [0.15, 0.2) is 48.5 Å². The Hall–Kier alpha value is -3.23. The summed E-state index contributed by atoms with van der Waals surface area (Å²) in [5.74, 6) is -0.929. The van der Waals surface area contributed by atoms with E-state index in [1.165, 1.54) is 49.6 Å². The zero-order valence-corrected chi connectivity index (χ0v) is 14.3. The lowest BCUT2D eigenvalue weighted by Crippen LogP contribution is -2.23. The molecule has 27 heavy (non-hydrogen) atoms. The minimum absolute atomic E-state index is 0.00921. The molecule has 9 heteroatoms. The summed E-state index contributed by atoms with van der Waals surface area (Å²) in [4.78, 5) is 23.4. The standard InChI is InChI=1S/C18H17F3N2O4/c1-26-17(25)12-6-8-13(9-7-12)23-16(24)10-22-14-4-2-3-5-15(14)27-11-18(19,20)21/h2-9,22H,10-11H2,1H3,(H,23,24). The number of hydrogen-bond donors (Lipinski definition) is 2. The number of anilines is 2. The van der Waals surface area contributed by atoms with Crippen molar-refractivity contribution in [2.24, 2.45) is 0 Å².